The van der Waals surface area contributed by atoms with Crippen LogP contribution in [0.5, 0.6) is 5.75 Å². The standard InChI is InChI=1S/C23H31N3O4S2/c1-17-5-10-22(31-17)32(28,29)26-13-3-4-18(16-26)23(27)24-19-11-14-25(15-12-19)20-6-8-21(30-2)9-7-20/h5-10,18-19H,3-4,11-16H2,1-2H3,(H,24,27). The number of thiophene rings is 1. The molecule has 1 N–H and O–H groups in total. The Bertz CT molecular complexity index is 1030. The van der Waals surface area contributed by atoms with Crippen molar-refractivity contribution in [1.29, 1.82) is 0 Å². The molecule has 3 heterocycles. The van der Waals surface area contributed by atoms with E-state index in [2.05, 4.69) is 22.3 Å². The lowest BCUT2D eigenvalue weighted by molar-refractivity contribution is -0.126. The summed E-state index contributed by atoms with van der Waals surface area (Å²) in [7, 11) is -1.87. The molecule has 0 radical (unpaired) electrons. The van der Waals surface area contributed by atoms with Gasteiger partial charge in [0.05, 0.1) is 13.0 Å². The van der Waals surface area contributed by atoms with E-state index in [9.17, 15) is 13.2 Å². The second-order valence-electron chi connectivity index (χ2n) is 8.54. The normalized spacial score (nSPS) is 20.8. The number of rotatable bonds is 6. The van der Waals surface area contributed by atoms with Crippen LogP contribution < -0.4 is 15.0 Å². The number of sulfonamides is 1. The van der Waals surface area contributed by atoms with Gasteiger partial charge in [-0.05, 0) is 69.0 Å². The number of hydrogen-bond acceptors (Lipinski definition) is 6. The van der Waals surface area contributed by atoms with E-state index >= 15 is 0 Å². The van der Waals surface area contributed by atoms with Crippen molar-refractivity contribution in [2.75, 3.05) is 38.2 Å². The zero-order valence-electron chi connectivity index (χ0n) is 18.6. The van der Waals surface area contributed by atoms with Gasteiger partial charge < -0.3 is 15.0 Å². The third-order valence-corrected chi connectivity index (χ3v) is 9.68. The molecule has 0 aliphatic carbocycles. The first kappa shape index (κ1) is 23.1. The fourth-order valence-electron chi connectivity index (χ4n) is 4.45. The number of piperidine rings is 2. The van der Waals surface area contributed by atoms with E-state index in [1.54, 1.807) is 13.2 Å². The minimum atomic E-state index is -3.53. The van der Waals surface area contributed by atoms with Gasteiger partial charge in [0.15, 0.2) is 0 Å². The lowest BCUT2D eigenvalue weighted by Gasteiger charge is -2.36. The Balaban J connectivity index is 1.30. The molecule has 2 fully saturated rings. The molecule has 4 rings (SSSR count). The Morgan fingerprint density at radius 1 is 1.06 bits per heavy atom. The topological polar surface area (TPSA) is 79.0 Å². The average Bonchev–Trinajstić information content (AvgIpc) is 3.27. The third-order valence-electron chi connectivity index (χ3n) is 6.34. The van der Waals surface area contributed by atoms with Gasteiger partial charge in [-0.2, -0.15) is 4.31 Å². The lowest BCUT2D eigenvalue weighted by Crippen LogP contribution is -2.50. The molecule has 2 saturated heterocycles. The molecule has 1 atom stereocenters. The second kappa shape index (κ2) is 9.80. The van der Waals surface area contributed by atoms with Crippen molar-refractivity contribution in [3.63, 3.8) is 0 Å². The Morgan fingerprint density at radius 2 is 1.78 bits per heavy atom. The first-order valence-electron chi connectivity index (χ1n) is 11.1. The Labute approximate surface area is 194 Å². The van der Waals surface area contributed by atoms with Crippen LogP contribution in [-0.2, 0) is 14.8 Å². The molecule has 1 unspecified atom stereocenters. The fourth-order valence-corrected chi connectivity index (χ4v) is 7.41. The SMILES string of the molecule is COc1ccc(N2CCC(NC(=O)C3CCCN(S(=O)(=O)c4ccc(C)s4)C3)CC2)cc1. The van der Waals surface area contributed by atoms with Gasteiger partial charge in [0.2, 0.25) is 5.91 Å². The maximum atomic E-state index is 13.0. The van der Waals surface area contributed by atoms with Crippen molar-refractivity contribution in [3.05, 3.63) is 41.3 Å². The van der Waals surface area contributed by atoms with Crippen molar-refractivity contribution < 1.29 is 17.9 Å². The number of carbonyl (C=O) groups is 1. The van der Waals surface area contributed by atoms with Gasteiger partial charge in [-0.3, -0.25) is 4.79 Å². The van der Waals surface area contributed by atoms with Gasteiger partial charge in [-0.25, -0.2) is 8.42 Å². The van der Waals surface area contributed by atoms with Crippen LogP contribution in [0.3, 0.4) is 0 Å². The molecular weight excluding hydrogens is 446 g/mol. The second-order valence-corrected chi connectivity index (χ2v) is 12.0. The summed E-state index contributed by atoms with van der Waals surface area (Å²) < 4.78 is 33.0. The molecule has 7 nitrogen and oxygen atoms in total. The Morgan fingerprint density at radius 3 is 2.41 bits per heavy atom. The maximum Gasteiger partial charge on any atom is 0.252 e. The lowest BCUT2D eigenvalue weighted by atomic mass is 9.97. The molecule has 174 valence electrons. The zero-order valence-corrected chi connectivity index (χ0v) is 20.3. The Hall–Kier alpha value is -2.10. The van der Waals surface area contributed by atoms with Crippen LogP contribution in [0.25, 0.3) is 0 Å². The molecule has 9 heteroatoms. The predicted molar refractivity (Wildman–Crippen MR) is 127 cm³/mol. The number of carbonyl (C=O) groups excluding carboxylic acids is 1. The van der Waals surface area contributed by atoms with Gasteiger partial charge in [-0.15, -0.1) is 11.3 Å². The van der Waals surface area contributed by atoms with E-state index in [-0.39, 0.29) is 24.4 Å². The smallest absolute Gasteiger partial charge is 0.252 e. The number of methoxy groups -OCH3 is 1. The first-order chi connectivity index (χ1) is 15.4. The number of aryl methyl sites for hydroxylation is 1. The summed E-state index contributed by atoms with van der Waals surface area (Å²) in [6.07, 6.45) is 3.19. The van der Waals surface area contributed by atoms with E-state index in [1.807, 2.05) is 25.1 Å². The summed E-state index contributed by atoms with van der Waals surface area (Å²) in [5.74, 6) is 0.531. The van der Waals surface area contributed by atoms with Crippen molar-refractivity contribution in [1.82, 2.24) is 9.62 Å². The monoisotopic (exact) mass is 477 g/mol. The Kier molecular flexibility index (Phi) is 7.07. The van der Waals surface area contributed by atoms with Gasteiger partial charge in [0.25, 0.3) is 10.0 Å². The molecule has 32 heavy (non-hydrogen) atoms. The van der Waals surface area contributed by atoms with Gasteiger partial charge in [-0.1, -0.05) is 0 Å². The van der Waals surface area contributed by atoms with E-state index in [0.717, 1.165) is 48.7 Å². The van der Waals surface area contributed by atoms with Crippen LogP contribution in [0.1, 0.15) is 30.6 Å². The quantitative estimate of drug-likeness (QED) is 0.691. The van der Waals surface area contributed by atoms with Crippen molar-refractivity contribution in [2.45, 2.75) is 42.9 Å². The van der Waals surface area contributed by atoms with E-state index in [0.29, 0.717) is 17.2 Å². The van der Waals surface area contributed by atoms with Crippen molar-refractivity contribution in [3.8, 4) is 5.75 Å². The number of hydrogen-bond donors (Lipinski definition) is 1. The van der Waals surface area contributed by atoms with Gasteiger partial charge >= 0.3 is 0 Å². The molecule has 0 spiro atoms. The molecule has 2 aromatic rings. The minimum Gasteiger partial charge on any atom is -0.497 e. The maximum absolute atomic E-state index is 13.0. The van der Waals surface area contributed by atoms with Crippen LogP contribution in [0.4, 0.5) is 5.69 Å². The van der Waals surface area contributed by atoms with E-state index < -0.39 is 10.0 Å². The molecule has 1 amide bonds. The minimum absolute atomic E-state index is 0.0184. The van der Waals surface area contributed by atoms with Crippen LogP contribution in [0.2, 0.25) is 0 Å². The molecule has 1 aromatic carbocycles. The molecule has 1 aromatic heterocycles. The van der Waals surface area contributed by atoms with Crippen LogP contribution in [0, 0.1) is 12.8 Å². The van der Waals surface area contributed by atoms with Crippen molar-refractivity contribution in [2.24, 2.45) is 5.92 Å². The van der Waals surface area contributed by atoms with Crippen LogP contribution >= 0.6 is 11.3 Å². The van der Waals surface area contributed by atoms with E-state index in [1.165, 1.54) is 15.6 Å². The number of anilines is 1. The summed E-state index contributed by atoms with van der Waals surface area (Å²) in [5, 5.41) is 3.19. The summed E-state index contributed by atoms with van der Waals surface area (Å²) in [4.78, 5) is 16.2. The summed E-state index contributed by atoms with van der Waals surface area (Å²) in [5.41, 5.74) is 1.16. The first-order valence-corrected chi connectivity index (χ1v) is 13.4. The summed E-state index contributed by atoms with van der Waals surface area (Å²) >= 11 is 1.28. The molecule has 0 saturated carbocycles. The summed E-state index contributed by atoms with van der Waals surface area (Å²) in [6.45, 7) is 4.38. The highest BCUT2D eigenvalue weighted by Gasteiger charge is 2.35. The fraction of sp³-hybridized carbons (Fsp3) is 0.522. The molecular formula is C23H31N3O4S2. The van der Waals surface area contributed by atoms with E-state index in [4.69, 9.17) is 4.74 Å². The number of nitrogens with zero attached hydrogens (tertiary/aromatic N) is 2. The number of nitrogens with one attached hydrogen (secondary N) is 1. The highest BCUT2D eigenvalue weighted by molar-refractivity contribution is 7.91. The van der Waals surface area contributed by atoms with Crippen molar-refractivity contribution >= 4 is 33.0 Å². The number of amides is 1. The molecule has 2 aliphatic heterocycles. The van der Waals surface area contributed by atoms with Gasteiger partial charge in [0.1, 0.15) is 9.96 Å². The molecule has 2 aliphatic rings. The largest absolute Gasteiger partial charge is 0.497 e. The zero-order chi connectivity index (χ0) is 22.7. The predicted octanol–water partition coefficient (Wildman–Crippen LogP) is 3.25. The summed E-state index contributed by atoms with van der Waals surface area (Å²) in [6, 6.07) is 11.7. The average molecular weight is 478 g/mol. The van der Waals surface area contributed by atoms with Crippen LogP contribution in [0.15, 0.2) is 40.6 Å². The highest BCUT2D eigenvalue weighted by Crippen LogP contribution is 2.29. The molecule has 0 bridgehead atoms. The van der Waals surface area contributed by atoms with Gasteiger partial charge in [0, 0.05) is 42.8 Å². The number of benzene rings is 1. The third kappa shape index (κ3) is 5.10. The van der Waals surface area contributed by atoms with Crippen LogP contribution in [-0.4, -0.2) is 58.0 Å². The number of ether oxygens (including phenoxy) is 1. The highest BCUT2D eigenvalue weighted by atomic mass is 32.2.